The third kappa shape index (κ3) is 2.79. The van der Waals surface area contributed by atoms with Crippen molar-refractivity contribution in [3.63, 3.8) is 0 Å². The van der Waals surface area contributed by atoms with Crippen LogP contribution in [0.25, 0.3) is 0 Å². The molecule has 0 aromatic heterocycles. The summed E-state index contributed by atoms with van der Waals surface area (Å²) >= 11 is 0. The maximum atomic E-state index is 6.33. The predicted octanol–water partition coefficient (Wildman–Crippen LogP) is 2.77. The van der Waals surface area contributed by atoms with Gasteiger partial charge in [-0.05, 0) is 44.9 Å². The Morgan fingerprint density at radius 3 is 2.76 bits per heavy atom. The molecule has 4 heteroatoms. The van der Waals surface area contributed by atoms with Crippen LogP contribution in [0.15, 0.2) is 4.99 Å². The van der Waals surface area contributed by atoms with Crippen molar-refractivity contribution in [3.05, 3.63) is 0 Å². The summed E-state index contributed by atoms with van der Waals surface area (Å²) in [7, 11) is 0. The van der Waals surface area contributed by atoms with Crippen LogP contribution in [0.3, 0.4) is 0 Å². The Morgan fingerprint density at radius 2 is 2.10 bits per heavy atom. The van der Waals surface area contributed by atoms with E-state index in [1.54, 1.807) is 0 Å². The third-order valence-electron chi connectivity index (χ3n) is 5.91. The molecule has 21 heavy (non-hydrogen) atoms. The Morgan fingerprint density at radius 1 is 1.33 bits per heavy atom. The molecule has 2 saturated carbocycles. The first-order chi connectivity index (χ1) is 10.2. The van der Waals surface area contributed by atoms with Gasteiger partial charge in [0.05, 0.1) is 12.1 Å². The molecule has 3 aliphatic rings. The monoisotopic (exact) mass is 293 g/mol. The van der Waals surface area contributed by atoms with Gasteiger partial charge in [0.25, 0.3) is 0 Å². The molecule has 1 aliphatic heterocycles. The molecule has 2 N–H and O–H groups in total. The molecule has 2 aliphatic carbocycles. The van der Waals surface area contributed by atoms with Crippen molar-refractivity contribution >= 4 is 5.96 Å². The maximum Gasteiger partial charge on any atom is 0.191 e. The number of guanidine groups is 1. The number of hydrogen-bond donors (Lipinski definition) is 1. The van der Waals surface area contributed by atoms with E-state index in [-0.39, 0.29) is 0 Å². The highest BCUT2D eigenvalue weighted by Crippen LogP contribution is 2.56. The number of nitrogens with two attached hydrogens (primary N) is 1. The molecule has 1 spiro atoms. The standard InChI is InChI=1S/C17H31N3O/c1-3-21-15-11-14(17(15)8-4-5-9-17)19-16(18)20-10-6-7-13(2)12-20/h13-15H,3-12H2,1-2H3,(H2,18,19). The zero-order chi connectivity index (χ0) is 14.9. The lowest BCUT2D eigenvalue weighted by Crippen LogP contribution is -2.57. The fourth-order valence-corrected chi connectivity index (χ4v) is 4.67. The fourth-order valence-electron chi connectivity index (χ4n) is 4.67. The van der Waals surface area contributed by atoms with Crippen LogP contribution in [0.2, 0.25) is 0 Å². The second-order valence-electron chi connectivity index (χ2n) is 7.32. The number of hydrogen-bond acceptors (Lipinski definition) is 2. The molecule has 0 radical (unpaired) electrons. The predicted molar refractivity (Wildman–Crippen MR) is 86.3 cm³/mol. The molecule has 3 atom stereocenters. The summed E-state index contributed by atoms with van der Waals surface area (Å²) in [6.45, 7) is 7.38. The van der Waals surface area contributed by atoms with Crippen molar-refractivity contribution < 1.29 is 4.74 Å². The quantitative estimate of drug-likeness (QED) is 0.643. The minimum Gasteiger partial charge on any atom is -0.378 e. The summed E-state index contributed by atoms with van der Waals surface area (Å²) in [5.74, 6) is 1.53. The van der Waals surface area contributed by atoms with Crippen LogP contribution in [0.4, 0.5) is 0 Å². The molecule has 0 aromatic rings. The highest BCUT2D eigenvalue weighted by Gasteiger charge is 2.57. The summed E-state index contributed by atoms with van der Waals surface area (Å²) in [6.07, 6.45) is 9.26. The molecule has 3 fully saturated rings. The number of aliphatic imine (C=N–C) groups is 1. The summed E-state index contributed by atoms with van der Waals surface area (Å²) in [5, 5.41) is 0. The van der Waals surface area contributed by atoms with E-state index in [0.717, 1.165) is 38.0 Å². The number of piperidine rings is 1. The smallest absolute Gasteiger partial charge is 0.191 e. The van der Waals surface area contributed by atoms with Gasteiger partial charge in [0.15, 0.2) is 5.96 Å². The molecule has 4 nitrogen and oxygen atoms in total. The van der Waals surface area contributed by atoms with Gasteiger partial charge in [0.1, 0.15) is 0 Å². The summed E-state index contributed by atoms with van der Waals surface area (Å²) < 4.78 is 5.97. The topological polar surface area (TPSA) is 50.9 Å². The van der Waals surface area contributed by atoms with Crippen LogP contribution in [0.5, 0.6) is 0 Å². The van der Waals surface area contributed by atoms with Crippen LogP contribution in [0, 0.1) is 11.3 Å². The molecule has 120 valence electrons. The molecule has 0 bridgehead atoms. The minimum atomic E-state index is 0.308. The Kier molecular flexibility index (Phi) is 4.43. The van der Waals surface area contributed by atoms with Crippen molar-refractivity contribution in [2.45, 2.75) is 70.9 Å². The highest BCUT2D eigenvalue weighted by atomic mass is 16.5. The average molecular weight is 293 g/mol. The van der Waals surface area contributed by atoms with E-state index >= 15 is 0 Å². The Bertz CT molecular complexity index is 389. The lowest BCUT2D eigenvalue weighted by molar-refractivity contribution is -0.119. The average Bonchev–Trinajstić information content (AvgIpc) is 2.98. The van der Waals surface area contributed by atoms with E-state index in [1.165, 1.54) is 38.5 Å². The van der Waals surface area contributed by atoms with E-state index in [1.807, 2.05) is 0 Å². The van der Waals surface area contributed by atoms with E-state index in [9.17, 15) is 0 Å². The number of ether oxygens (including phenoxy) is 1. The minimum absolute atomic E-state index is 0.308. The second-order valence-corrected chi connectivity index (χ2v) is 7.32. The lowest BCUT2D eigenvalue weighted by atomic mass is 9.61. The molecule has 3 unspecified atom stereocenters. The van der Waals surface area contributed by atoms with Crippen LogP contribution < -0.4 is 5.73 Å². The lowest BCUT2D eigenvalue weighted by Gasteiger charge is -2.52. The number of rotatable bonds is 3. The van der Waals surface area contributed by atoms with Gasteiger partial charge in [-0.2, -0.15) is 0 Å². The Labute approximate surface area is 129 Å². The zero-order valence-electron chi connectivity index (χ0n) is 13.7. The van der Waals surface area contributed by atoms with Crippen molar-refractivity contribution in [1.29, 1.82) is 0 Å². The van der Waals surface area contributed by atoms with Crippen LogP contribution in [0.1, 0.15) is 58.8 Å². The van der Waals surface area contributed by atoms with Gasteiger partial charge in [-0.1, -0.05) is 19.8 Å². The molecule has 0 amide bonds. The van der Waals surface area contributed by atoms with Gasteiger partial charge in [-0.3, -0.25) is 0 Å². The largest absolute Gasteiger partial charge is 0.378 e. The van der Waals surface area contributed by atoms with E-state index < -0.39 is 0 Å². The normalized spacial score (nSPS) is 36.0. The molecule has 0 aromatic carbocycles. The zero-order valence-corrected chi connectivity index (χ0v) is 13.7. The van der Waals surface area contributed by atoms with Gasteiger partial charge in [0.2, 0.25) is 0 Å². The van der Waals surface area contributed by atoms with Crippen LogP contribution in [-0.4, -0.2) is 42.7 Å². The number of nitrogens with zero attached hydrogens (tertiary/aromatic N) is 2. The van der Waals surface area contributed by atoms with Crippen molar-refractivity contribution in [1.82, 2.24) is 4.90 Å². The SMILES string of the molecule is CCOC1CC(N=C(N)N2CCCC(C)C2)C12CCCC2. The van der Waals surface area contributed by atoms with Gasteiger partial charge in [-0.25, -0.2) is 4.99 Å². The van der Waals surface area contributed by atoms with Gasteiger partial charge in [-0.15, -0.1) is 0 Å². The van der Waals surface area contributed by atoms with E-state index in [0.29, 0.717) is 17.6 Å². The van der Waals surface area contributed by atoms with E-state index in [4.69, 9.17) is 15.5 Å². The Hall–Kier alpha value is -0.770. The van der Waals surface area contributed by atoms with Gasteiger partial charge in [0, 0.05) is 25.1 Å². The van der Waals surface area contributed by atoms with Crippen molar-refractivity contribution in [2.24, 2.45) is 22.1 Å². The van der Waals surface area contributed by atoms with E-state index in [2.05, 4.69) is 18.7 Å². The molecular weight excluding hydrogens is 262 g/mol. The maximum absolute atomic E-state index is 6.33. The first-order valence-electron chi connectivity index (χ1n) is 8.85. The molecular formula is C17H31N3O. The Balaban J connectivity index is 1.67. The molecule has 1 heterocycles. The highest BCUT2D eigenvalue weighted by molar-refractivity contribution is 5.78. The second kappa shape index (κ2) is 6.15. The van der Waals surface area contributed by atoms with Gasteiger partial charge < -0.3 is 15.4 Å². The summed E-state index contributed by atoms with van der Waals surface area (Å²) in [4.78, 5) is 7.24. The van der Waals surface area contributed by atoms with Crippen molar-refractivity contribution in [3.8, 4) is 0 Å². The van der Waals surface area contributed by atoms with Gasteiger partial charge >= 0.3 is 0 Å². The summed E-state index contributed by atoms with van der Waals surface area (Å²) in [5.41, 5.74) is 6.63. The summed E-state index contributed by atoms with van der Waals surface area (Å²) in [6, 6.07) is 0.397. The fraction of sp³-hybridized carbons (Fsp3) is 0.941. The molecule has 1 saturated heterocycles. The van der Waals surface area contributed by atoms with Crippen LogP contribution >= 0.6 is 0 Å². The first kappa shape index (κ1) is 15.1. The number of likely N-dealkylation sites (tertiary alicyclic amines) is 1. The third-order valence-corrected chi connectivity index (χ3v) is 5.91. The molecule has 3 rings (SSSR count). The van der Waals surface area contributed by atoms with Crippen LogP contribution in [-0.2, 0) is 4.74 Å². The first-order valence-corrected chi connectivity index (χ1v) is 8.85. The van der Waals surface area contributed by atoms with Crippen molar-refractivity contribution in [2.75, 3.05) is 19.7 Å².